The Balaban J connectivity index is 2.53. The molecule has 0 bridgehead atoms. The van der Waals surface area contributed by atoms with Gasteiger partial charge < -0.3 is 5.73 Å². The van der Waals surface area contributed by atoms with Crippen LogP contribution in [-0.4, -0.2) is 12.3 Å². The summed E-state index contributed by atoms with van der Waals surface area (Å²) in [5.74, 6) is 0.264. The van der Waals surface area contributed by atoms with E-state index in [4.69, 9.17) is 5.73 Å². The van der Waals surface area contributed by atoms with Gasteiger partial charge in [0.15, 0.2) is 0 Å². The van der Waals surface area contributed by atoms with Crippen molar-refractivity contribution in [3.8, 4) is 0 Å². The second-order valence-corrected chi connectivity index (χ2v) is 2.54. The van der Waals surface area contributed by atoms with Crippen LogP contribution in [0.4, 0.5) is 0 Å². The molecule has 2 heteroatoms. The van der Waals surface area contributed by atoms with E-state index in [1.54, 1.807) is 6.92 Å². The van der Waals surface area contributed by atoms with Gasteiger partial charge in [-0.25, -0.2) is 0 Å². The summed E-state index contributed by atoms with van der Waals surface area (Å²) >= 11 is 0. The van der Waals surface area contributed by atoms with E-state index >= 15 is 0 Å². The fraction of sp³-hybridized carbons (Fsp3) is 0.833. The summed E-state index contributed by atoms with van der Waals surface area (Å²) in [5, 5.41) is 0. The number of ketones is 1. The first-order chi connectivity index (χ1) is 3.71. The Bertz CT molecular complexity index is 116. The summed E-state index contributed by atoms with van der Waals surface area (Å²) in [6, 6.07) is 0. The van der Waals surface area contributed by atoms with Gasteiger partial charge in [0.05, 0.1) is 0 Å². The van der Waals surface area contributed by atoms with Gasteiger partial charge >= 0.3 is 0 Å². The van der Waals surface area contributed by atoms with Crippen LogP contribution in [0.15, 0.2) is 0 Å². The number of hydrogen-bond acceptors (Lipinski definition) is 2. The van der Waals surface area contributed by atoms with Gasteiger partial charge in [-0.2, -0.15) is 0 Å². The van der Waals surface area contributed by atoms with E-state index in [0.29, 0.717) is 6.54 Å². The lowest BCUT2D eigenvalue weighted by Gasteiger charge is -2.03. The smallest absolute Gasteiger partial charge is 0.137 e. The third kappa shape index (κ3) is 0.650. The monoisotopic (exact) mass is 113 g/mol. The van der Waals surface area contributed by atoms with E-state index in [0.717, 1.165) is 12.8 Å². The molecule has 1 aliphatic carbocycles. The Labute approximate surface area is 49.1 Å². The van der Waals surface area contributed by atoms with Crippen LogP contribution in [0.25, 0.3) is 0 Å². The van der Waals surface area contributed by atoms with Crippen LogP contribution in [-0.2, 0) is 4.79 Å². The Morgan fingerprint density at radius 1 is 1.75 bits per heavy atom. The fourth-order valence-electron chi connectivity index (χ4n) is 0.851. The Morgan fingerprint density at radius 2 is 2.25 bits per heavy atom. The molecule has 2 nitrogen and oxygen atoms in total. The molecule has 0 radical (unpaired) electrons. The zero-order chi connectivity index (χ0) is 6.20. The van der Waals surface area contributed by atoms with Crippen molar-refractivity contribution in [2.24, 2.45) is 11.1 Å². The average molecular weight is 113 g/mol. The first kappa shape index (κ1) is 5.76. The number of Topliss-reactive ketones (excluding diaryl/α,β-unsaturated/α-hetero) is 1. The second kappa shape index (κ2) is 1.55. The molecule has 1 fully saturated rings. The van der Waals surface area contributed by atoms with Crippen LogP contribution in [0.2, 0.25) is 0 Å². The number of nitrogens with two attached hydrogens (primary N) is 1. The Hall–Kier alpha value is -0.370. The quantitative estimate of drug-likeness (QED) is 0.560. The zero-order valence-electron chi connectivity index (χ0n) is 5.11. The van der Waals surface area contributed by atoms with Crippen LogP contribution >= 0.6 is 0 Å². The summed E-state index contributed by atoms with van der Waals surface area (Å²) in [6.45, 7) is 2.17. The van der Waals surface area contributed by atoms with Gasteiger partial charge in [-0.1, -0.05) is 0 Å². The summed E-state index contributed by atoms with van der Waals surface area (Å²) in [7, 11) is 0. The molecule has 0 spiro atoms. The van der Waals surface area contributed by atoms with Crippen molar-refractivity contribution in [3.63, 3.8) is 0 Å². The van der Waals surface area contributed by atoms with Gasteiger partial charge in [-0.3, -0.25) is 4.79 Å². The minimum Gasteiger partial charge on any atom is -0.329 e. The maximum absolute atomic E-state index is 10.7. The topological polar surface area (TPSA) is 43.1 Å². The molecule has 0 heterocycles. The van der Waals surface area contributed by atoms with Gasteiger partial charge in [0.1, 0.15) is 5.78 Å². The van der Waals surface area contributed by atoms with Gasteiger partial charge in [-0.15, -0.1) is 0 Å². The summed E-state index contributed by atoms with van der Waals surface area (Å²) in [5.41, 5.74) is 5.28. The Morgan fingerprint density at radius 3 is 2.25 bits per heavy atom. The number of carbonyl (C=O) groups is 1. The van der Waals surface area contributed by atoms with Crippen molar-refractivity contribution in [3.05, 3.63) is 0 Å². The van der Waals surface area contributed by atoms with Gasteiger partial charge in [0.2, 0.25) is 0 Å². The van der Waals surface area contributed by atoms with E-state index < -0.39 is 0 Å². The second-order valence-electron chi connectivity index (χ2n) is 2.54. The van der Waals surface area contributed by atoms with E-state index in [1.165, 1.54) is 0 Å². The molecule has 1 saturated carbocycles. The number of hydrogen-bond donors (Lipinski definition) is 1. The van der Waals surface area contributed by atoms with Gasteiger partial charge in [-0.05, 0) is 19.8 Å². The molecule has 1 rings (SSSR count). The molecular weight excluding hydrogens is 102 g/mol. The van der Waals surface area contributed by atoms with Crippen molar-refractivity contribution in [2.75, 3.05) is 6.54 Å². The summed E-state index contributed by atoms with van der Waals surface area (Å²) in [6.07, 6.45) is 2.03. The Kier molecular flexibility index (Phi) is 1.12. The third-order valence-corrected chi connectivity index (χ3v) is 1.99. The number of rotatable bonds is 2. The molecule has 46 valence electrons. The SMILES string of the molecule is CC(=O)C1(CN)CC1. The first-order valence-corrected chi connectivity index (χ1v) is 2.92. The highest BCUT2D eigenvalue weighted by atomic mass is 16.1. The van der Waals surface area contributed by atoms with Crippen molar-refractivity contribution >= 4 is 5.78 Å². The van der Waals surface area contributed by atoms with Gasteiger partial charge in [0, 0.05) is 12.0 Å². The van der Waals surface area contributed by atoms with Crippen molar-refractivity contribution in [2.45, 2.75) is 19.8 Å². The lowest BCUT2D eigenvalue weighted by atomic mass is 10.0. The highest BCUT2D eigenvalue weighted by Gasteiger charge is 2.45. The molecule has 0 unspecified atom stereocenters. The van der Waals surface area contributed by atoms with E-state index in [2.05, 4.69) is 0 Å². The molecule has 0 saturated heterocycles. The minimum absolute atomic E-state index is 0.0694. The van der Waals surface area contributed by atoms with E-state index in [1.807, 2.05) is 0 Å². The van der Waals surface area contributed by atoms with E-state index in [-0.39, 0.29) is 11.2 Å². The molecule has 0 aromatic carbocycles. The van der Waals surface area contributed by atoms with Crippen molar-refractivity contribution in [1.82, 2.24) is 0 Å². The van der Waals surface area contributed by atoms with Crippen LogP contribution in [0, 0.1) is 5.41 Å². The summed E-state index contributed by atoms with van der Waals surface area (Å²) < 4.78 is 0. The standard InChI is InChI=1S/C6H11NO/c1-5(8)6(4-7)2-3-6/h2-4,7H2,1H3. The lowest BCUT2D eigenvalue weighted by molar-refractivity contribution is -0.121. The third-order valence-electron chi connectivity index (χ3n) is 1.99. The molecule has 1 aliphatic rings. The predicted octanol–water partition coefficient (Wildman–Crippen LogP) is 0.314. The van der Waals surface area contributed by atoms with E-state index in [9.17, 15) is 4.79 Å². The zero-order valence-corrected chi connectivity index (χ0v) is 5.11. The highest BCUT2D eigenvalue weighted by molar-refractivity contribution is 5.85. The molecule has 0 aliphatic heterocycles. The normalized spacial score (nSPS) is 22.8. The average Bonchev–Trinajstić information content (AvgIpc) is 2.44. The van der Waals surface area contributed by atoms with Crippen LogP contribution in [0.1, 0.15) is 19.8 Å². The summed E-state index contributed by atoms with van der Waals surface area (Å²) in [4.78, 5) is 10.7. The maximum Gasteiger partial charge on any atom is 0.137 e. The largest absolute Gasteiger partial charge is 0.329 e. The molecule has 0 amide bonds. The first-order valence-electron chi connectivity index (χ1n) is 2.92. The molecule has 2 N–H and O–H groups in total. The fourth-order valence-corrected chi connectivity index (χ4v) is 0.851. The predicted molar refractivity (Wildman–Crippen MR) is 31.4 cm³/mol. The van der Waals surface area contributed by atoms with Crippen LogP contribution < -0.4 is 5.73 Å². The van der Waals surface area contributed by atoms with Gasteiger partial charge in [0.25, 0.3) is 0 Å². The van der Waals surface area contributed by atoms with Crippen LogP contribution in [0.3, 0.4) is 0 Å². The maximum atomic E-state index is 10.7. The molecule has 8 heavy (non-hydrogen) atoms. The molecule has 0 aromatic rings. The minimum atomic E-state index is -0.0694. The molecule has 0 atom stereocenters. The number of carbonyl (C=O) groups excluding carboxylic acids is 1. The van der Waals surface area contributed by atoms with Crippen molar-refractivity contribution in [1.29, 1.82) is 0 Å². The molecular formula is C6H11NO. The van der Waals surface area contributed by atoms with Crippen LogP contribution in [0.5, 0.6) is 0 Å². The lowest BCUT2D eigenvalue weighted by Crippen LogP contribution is -2.22. The van der Waals surface area contributed by atoms with Crippen molar-refractivity contribution < 1.29 is 4.79 Å². The molecule has 0 aromatic heterocycles. The highest BCUT2D eigenvalue weighted by Crippen LogP contribution is 2.44.